The van der Waals surface area contributed by atoms with Crippen LogP contribution < -0.4 is 5.32 Å². The number of hydrogen-bond acceptors (Lipinski definition) is 6. The van der Waals surface area contributed by atoms with Gasteiger partial charge >= 0.3 is 5.97 Å². The molecule has 2 N–H and O–H groups in total. The molecule has 0 bridgehead atoms. The highest BCUT2D eigenvalue weighted by molar-refractivity contribution is 6.30. The van der Waals surface area contributed by atoms with Gasteiger partial charge in [-0.25, -0.2) is 0 Å². The molecule has 0 amide bonds. The molecule has 3 aromatic carbocycles. The van der Waals surface area contributed by atoms with E-state index in [4.69, 9.17) is 26.2 Å². The highest BCUT2D eigenvalue weighted by Gasteiger charge is 2.32. The van der Waals surface area contributed by atoms with Gasteiger partial charge in [0.05, 0.1) is 5.92 Å². The van der Waals surface area contributed by atoms with Crippen molar-refractivity contribution in [1.29, 1.82) is 0 Å². The molecular weight excluding hydrogens is 476 g/mol. The van der Waals surface area contributed by atoms with E-state index in [1.54, 1.807) is 0 Å². The summed E-state index contributed by atoms with van der Waals surface area (Å²) in [5.74, 6) is -0.0408. The molecule has 0 saturated carbocycles. The largest absolute Gasteiger partial charge is 0.481 e. The van der Waals surface area contributed by atoms with Gasteiger partial charge in [0.2, 0.25) is 5.82 Å². The Balaban J connectivity index is 1.36. The van der Waals surface area contributed by atoms with Gasteiger partial charge in [-0.1, -0.05) is 59.2 Å². The highest BCUT2D eigenvalue weighted by atomic mass is 35.5. The fraction of sp³-hybridized carbons (Fsp3) is 0.250. The molecule has 1 fully saturated rings. The summed E-state index contributed by atoms with van der Waals surface area (Å²) >= 11 is 6.29. The third kappa shape index (κ3) is 5.42. The van der Waals surface area contributed by atoms with Crippen LogP contribution >= 0.6 is 11.6 Å². The number of rotatable bonds is 8. The molecule has 1 unspecified atom stereocenters. The van der Waals surface area contributed by atoms with Crippen LogP contribution in [0.5, 0.6) is 0 Å². The molecule has 1 saturated heterocycles. The van der Waals surface area contributed by atoms with E-state index >= 15 is 0 Å². The van der Waals surface area contributed by atoms with Crippen molar-refractivity contribution in [1.82, 2.24) is 15.0 Å². The van der Waals surface area contributed by atoms with Crippen molar-refractivity contribution >= 4 is 23.3 Å². The maximum atomic E-state index is 11.0. The first kappa shape index (κ1) is 24.0. The van der Waals surface area contributed by atoms with E-state index in [0.29, 0.717) is 29.8 Å². The second kappa shape index (κ2) is 10.1. The Morgan fingerprint density at radius 1 is 1.11 bits per heavy atom. The number of benzene rings is 3. The van der Waals surface area contributed by atoms with E-state index in [0.717, 1.165) is 40.0 Å². The summed E-state index contributed by atoms with van der Waals surface area (Å²) in [7, 11) is 0. The van der Waals surface area contributed by atoms with Gasteiger partial charge in [-0.05, 0) is 60.4 Å². The molecule has 1 aromatic heterocycles. The van der Waals surface area contributed by atoms with Crippen LogP contribution in [0.25, 0.3) is 11.4 Å². The minimum absolute atomic E-state index is 0.258. The number of likely N-dealkylation sites (tertiary alicyclic amines) is 1. The van der Waals surface area contributed by atoms with E-state index in [1.807, 2.05) is 48.5 Å². The van der Waals surface area contributed by atoms with Gasteiger partial charge in [0, 0.05) is 35.9 Å². The van der Waals surface area contributed by atoms with Crippen molar-refractivity contribution in [2.45, 2.75) is 26.4 Å². The Morgan fingerprint density at radius 2 is 1.83 bits per heavy atom. The average Bonchev–Trinajstić information content (AvgIpc) is 3.29. The van der Waals surface area contributed by atoms with Gasteiger partial charge in [0.25, 0.3) is 5.89 Å². The zero-order valence-corrected chi connectivity index (χ0v) is 20.9. The van der Waals surface area contributed by atoms with Crippen molar-refractivity contribution in [3.8, 4) is 11.4 Å². The molecule has 184 valence electrons. The van der Waals surface area contributed by atoms with E-state index in [9.17, 15) is 4.79 Å². The number of halogens is 1. The number of anilines is 1. The lowest BCUT2D eigenvalue weighted by Crippen LogP contribution is -2.49. The van der Waals surface area contributed by atoms with Crippen molar-refractivity contribution < 1.29 is 14.4 Å². The molecule has 36 heavy (non-hydrogen) atoms. The third-order valence-electron chi connectivity index (χ3n) is 6.33. The van der Waals surface area contributed by atoms with Crippen LogP contribution in [-0.4, -0.2) is 39.2 Å². The molecule has 0 radical (unpaired) electrons. The first-order chi connectivity index (χ1) is 17.3. The van der Waals surface area contributed by atoms with Crippen LogP contribution in [0.15, 0.2) is 71.3 Å². The molecule has 7 nitrogen and oxygen atoms in total. The first-order valence-electron chi connectivity index (χ1n) is 11.8. The van der Waals surface area contributed by atoms with Crippen molar-refractivity contribution in [3.63, 3.8) is 0 Å². The SMILES string of the molecule is Cc1cc(C)cc(NC(c2cccc(Cl)c2)c2nc(-c3ccc(CN4CC(C(=O)O)C4)cc3)no2)c1. The average molecular weight is 503 g/mol. The van der Waals surface area contributed by atoms with E-state index in [1.165, 1.54) is 0 Å². The molecule has 1 aliphatic heterocycles. The fourth-order valence-corrected chi connectivity index (χ4v) is 4.74. The zero-order chi connectivity index (χ0) is 25.2. The Labute approximate surface area is 214 Å². The minimum atomic E-state index is -0.724. The molecule has 1 aliphatic rings. The van der Waals surface area contributed by atoms with Crippen LogP contribution in [0.3, 0.4) is 0 Å². The quantitative estimate of drug-likeness (QED) is 0.318. The van der Waals surface area contributed by atoms with Crippen molar-refractivity contribution in [2.24, 2.45) is 5.92 Å². The molecule has 0 aliphatic carbocycles. The van der Waals surface area contributed by atoms with Gasteiger partial charge in [0.1, 0.15) is 6.04 Å². The van der Waals surface area contributed by atoms with Crippen LogP contribution in [0.1, 0.15) is 34.2 Å². The molecular formula is C28H27ClN4O3. The smallest absolute Gasteiger partial charge is 0.309 e. The maximum Gasteiger partial charge on any atom is 0.309 e. The van der Waals surface area contributed by atoms with Gasteiger partial charge in [0.15, 0.2) is 0 Å². The lowest BCUT2D eigenvalue weighted by Gasteiger charge is -2.36. The van der Waals surface area contributed by atoms with Gasteiger partial charge in [-0.2, -0.15) is 4.98 Å². The monoisotopic (exact) mass is 502 g/mol. The van der Waals surface area contributed by atoms with Crippen molar-refractivity contribution in [2.75, 3.05) is 18.4 Å². The van der Waals surface area contributed by atoms with Crippen molar-refractivity contribution in [3.05, 3.63) is 99.9 Å². The Morgan fingerprint density at radius 3 is 2.50 bits per heavy atom. The summed E-state index contributed by atoms with van der Waals surface area (Å²) in [6, 6.07) is 21.5. The summed E-state index contributed by atoms with van der Waals surface area (Å²) in [4.78, 5) is 17.8. The van der Waals surface area contributed by atoms with E-state index in [2.05, 4.69) is 47.4 Å². The lowest BCUT2D eigenvalue weighted by molar-refractivity contribution is -0.147. The number of nitrogens with one attached hydrogen (secondary N) is 1. The number of carboxylic acids is 1. The second-order valence-corrected chi connectivity index (χ2v) is 9.83. The lowest BCUT2D eigenvalue weighted by atomic mass is 9.99. The first-order valence-corrected chi connectivity index (χ1v) is 12.2. The van der Waals surface area contributed by atoms with Crippen LogP contribution in [0, 0.1) is 19.8 Å². The normalized spacial score (nSPS) is 14.9. The van der Waals surface area contributed by atoms with E-state index < -0.39 is 5.97 Å². The van der Waals surface area contributed by atoms with E-state index in [-0.39, 0.29) is 12.0 Å². The van der Waals surface area contributed by atoms with Crippen LogP contribution in [-0.2, 0) is 11.3 Å². The Hall–Kier alpha value is -3.68. The minimum Gasteiger partial charge on any atom is -0.481 e. The molecule has 1 atom stereocenters. The van der Waals surface area contributed by atoms with Gasteiger partial charge in [-0.15, -0.1) is 0 Å². The predicted molar refractivity (Wildman–Crippen MR) is 139 cm³/mol. The van der Waals surface area contributed by atoms with Gasteiger partial charge in [-0.3, -0.25) is 9.69 Å². The molecule has 5 rings (SSSR count). The standard InChI is InChI=1S/C28H27ClN4O3/c1-17-10-18(2)12-24(11-17)30-25(21-4-3-5-23(29)13-21)27-31-26(32-36-27)20-8-6-19(7-9-20)14-33-15-22(16-33)28(34)35/h3-13,22,25,30H,14-16H2,1-2H3,(H,34,35). The highest BCUT2D eigenvalue weighted by Crippen LogP contribution is 2.30. The number of aromatic nitrogens is 2. The Kier molecular flexibility index (Phi) is 6.76. The third-order valence-corrected chi connectivity index (χ3v) is 6.56. The number of aliphatic carboxylic acids is 1. The maximum absolute atomic E-state index is 11.0. The summed E-state index contributed by atoms with van der Waals surface area (Å²) in [5, 5.41) is 17.5. The van der Waals surface area contributed by atoms with Crippen LogP contribution in [0.4, 0.5) is 5.69 Å². The Bertz CT molecular complexity index is 1360. The summed E-state index contributed by atoms with van der Waals surface area (Å²) in [6.07, 6.45) is 0. The second-order valence-electron chi connectivity index (χ2n) is 9.39. The number of carboxylic acid groups (broad SMARTS) is 1. The number of carbonyl (C=O) groups is 1. The molecule has 4 aromatic rings. The number of aryl methyl sites for hydroxylation is 2. The van der Waals surface area contributed by atoms with Crippen LogP contribution in [0.2, 0.25) is 5.02 Å². The summed E-state index contributed by atoms with van der Waals surface area (Å²) < 4.78 is 5.73. The molecule has 8 heteroatoms. The molecule has 2 heterocycles. The topological polar surface area (TPSA) is 91.5 Å². The molecule has 0 spiro atoms. The zero-order valence-electron chi connectivity index (χ0n) is 20.1. The predicted octanol–water partition coefficient (Wildman–Crippen LogP) is 5.72. The van der Waals surface area contributed by atoms with Gasteiger partial charge < -0.3 is 14.9 Å². The number of nitrogens with zero attached hydrogens (tertiary/aromatic N) is 3. The fourth-order valence-electron chi connectivity index (χ4n) is 4.54. The summed E-state index contributed by atoms with van der Waals surface area (Å²) in [5.41, 5.74) is 6.14. The summed E-state index contributed by atoms with van der Waals surface area (Å²) in [6.45, 7) is 6.02. The number of hydrogen-bond donors (Lipinski definition) is 2.